The number of hydrogen-bond acceptors (Lipinski definition) is 4. The van der Waals surface area contributed by atoms with Gasteiger partial charge in [-0.05, 0) is 36.1 Å². The molecule has 0 aliphatic heterocycles. The average molecular weight is 581 g/mol. The van der Waals surface area contributed by atoms with E-state index in [-0.39, 0.29) is 12.2 Å². The molecule has 4 rings (SSSR count). The van der Waals surface area contributed by atoms with Crippen LogP contribution in [0.4, 0.5) is 0 Å². The standard InChI is InChI=1S/C36H52O2S2/c1-3-5-7-9-11-13-15-17-19-31(37)27-21-23-29-33(25-27)39-36-30-24-22-28(26-34(30)40-35(29)36)32(38)20-18-16-14-12-10-8-6-4-2/h21-26,31-32,37-38H,3-20H2,1-2H3. The molecule has 2 nitrogen and oxygen atoms in total. The van der Waals surface area contributed by atoms with Crippen molar-refractivity contribution >= 4 is 52.2 Å². The number of thiophene rings is 2. The van der Waals surface area contributed by atoms with Crippen molar-refractivity contribution in [2.24, 2.45) is 0 Å². The van der Waals surface area contributed by atoms with Crippen molar-refractivity contribution in [2.75, 3.05) is 0 Å². The Hall–Kier alpha value is -1.46. The smallest absolute Gasteiger partial charge is 0.0790 e. The average Bonchev–Trinajstić information content (AvgIpc) is 3.50. The van der Waals surface area contributed by atoms with Crippen LogP contribution in [-0.4, -0.2) is 10.2 Å². The summed E-state index contributed by atoms with van der Waals surface area (Å²) in [5.74, 6) is 0. The van der Waals surface area contributed by atoms with E-state index in [0.717, 1.165) is 36.8 Å². The van der Waals surface area contributed by atoms with E-state index in [0.29, 0.717) is 0 Å². The van der Waals surface area contributed by atoms with Crippen LogP contribution in [0.2, 0.25) is 0 Å². The fraction of sp³-hybridized carbons (Fsp3) is 0.611. The first-order valence-corrected chi connectivity index (χ1v) is 18.0. The van der Waals surface area contributed by atoms with Gasteiger partial charge in [-0.2, -0.15) is 0 Å². The molecular formula is C36H52O2S2. The second kappa shape index (κ2) is 16.9. The van der Waals surface area contributed by atoms with Gasteiger partial charge in [0.1, 0.15) is 0 Å². The van der Waals surface area contributed by atoms with Crippen LogP contribution < -0.4 is 0 Å². The normalized spacial score (nSPS) is 13.6. The van der Waals surface area contributed by atoms with E-state index < -0.39 is 0 Å². The number of aliphatic hydroxyl groups is 2. The maximum Gasteiger partial charge on any atom is 0.0790 e. The second-order valence-electron chi connectivity index (χ2n) is 11.9. The first kappa shape index (κ1) is 31.5. The van der Waals surface area contributed by atoms with Gasteiger partial charge in [0.15, 0.2) is 0 Å². The molecule has 2 heterocycles. The summed E-state index contributed by atoms with van der Waals surface area (Å²) in [4.78, 5) is 0. The van der Waals surface area contributed by atoms with Crippen molar-refractivity contribution in [3.8, 4) is 0 Å². The van der Waals surface area contributed by atoms with Crippen LogP contribution in [0.5, 0.6) is 0 Å². The summed E-state index contributed by atoms with van der Waals surface area (Å²) >= 11 is 3.70. The highest BCUT2D eigenvalue weighted by Crippen LogP contribution is 2.45. The van der Waals surface area contributed by atoms with E-state index >= 15 is 0 Å². The lowest BCUT2D eigenvalue weighted by molar-refractivity contribution is 0.163. The Morgan fingerprint density at radius 1 is 0.500 bits per heavy atom. The van der Waals surface area contributed by atoms with Crippen LogP contribution in [0.3, 0.4) is 0 Å². The quantitative estimate of drug-likeness (QED) is 0.102. The van der Waals surface area contributed by atoms with Crippen molar-refractivity contribution in [1.82, 2.24) is 0 Å². The highest BCUT2D eigenvalue weighted by atomic mass is 32.1. The first-order valence-electron chi connectivity index (χ1n) is 16.4. The zero-order chi connectivity index (χ0) is 28.2. The van der Waals surface area contributed by atoms with Gasteiger partial charge >= 0.3 is 0 Å². The zero-order valence-corrected chi connectivity index (χ0v) is 26.7. The van der Waals surface area contributed by atoms with E-state index in [9.17, 15) is 10.2 Å². The molecule has 0 aliphatic carbocycles. The molecule has 2 aromatic heterocycles. The van der Waals surface area contributed by atoms with Crippen LogP contribution in [0.15, 0.2) is 36.4 Å². The van der Waals surface area contributed by atoms with Gasteiger partial charge in [0.25, 0.3) is 0 Å². The van der Waals surface area contributed by atoms with Crippen LogP contribution in [-0.2, 0) is 0 Å². The Morgan fingerprint density at radius 3 is 1.23 bits per heavy atom. The van der Waals surface area contributed by atoms with E-state index in [4.69, 9.17) is 0 Å². The SMILES string of the molecule is CCCCCCCCCCC(O)c1ccc2c(c1)sc1c3ccc(C(O)CCCCCCCCCC)cc3sc21. The Bertz CT molecular complexity index is 1190. The van der Waals surface area contributed by atoms with Crippen molar-refractivity contribution in [2.45, 2.75) is 142 Å². The summed E-state index contributed by atoms with van der Waals surface area (Å²) in [5.41, 5.74) is 2.11. The van der Waals surface area contributed by atoms with Gasteiger partial charge in [-0.1, -0.05) is 141 Å². The molecule has 2 unspecified atom stereocenters. The van der Waals surface area contributed by atoms with Crippen molar-refractivity contribution in [3.05, 3.63) is 47.5 Å². The van der Waals surface area contributed by atoms with E-state index in [1.165, 1.54) is 119 Å². The Labute approximate surface area is 250 Å². The Kier molecular flexibility index (Phi) is 13.3. The number of aliphatic hydroxyl groups excluding tert-OH is 2. The monoisotopic (exact) mass is 580 g/mol. The molecule has 0 aliphatic rings. The minimum Gasteiger partial charge on any atom is -0.388 e. The molecule has 40 heavy (non-hydrogen) atoms. The van der Waals surface area contributed by atoms with Gasteiger partial charge in [0.2, 0.25) is 0 Å². The van der Waals surface area contributed by atoms with Crippen LogP contribution in [0, 0.1) is 0 Å². The summed E-state index contributed by atoms with van der Waals surface area (Å²) < 4.78 is 5.23. The lowest BCUT2D eigenvalue weighted by atomic mass is 10.0. The predicted octanol–water partition coefficient (Wildman–Crippen LogP) is 12.4. The molecule has 220 valence electrons. The highest BCUT2D eigenvalue weighted by Gasteiger charge is 2.16. The van der Waals surface area contributed by atoms with Crippen molar-refractivity contribution in [1.29, 1.82) is 0 Å². The molecular weight excluding hydrogens is 529 g/mol. The van der Waals surface area contributed by atoms with E-state index in [1.807, 2.05) is 22.7 Å². The van der Waals surface area contributed by atoms with Crippen LogP contribution >= 0.6 is 22.7 Å². The molecule has 4 aromatic rings. The number of unbranched alkanes of at least 4 members (excludes halogenated alkanes) is 14. The summed E-state index contributed by atoms with van der Waals surface area (Å²) in [6, 6.07) is 13.1. The fourth-order valence-corrected chi connectivity index (χ4v) is 8.73. The fourth-order valence-electron chi connectivity index (χ4n) is 5.98. The number of benzene rings is 2. The molecule has 2 N–H and O–H groups in total. The van der Waals surface area contributed by atoms with Gasteiger partial charge in [-0.25, -0.2) is 0 Å². The Balaban J connectivity index is 1.30. The summed E-state index contributed by atoms with van der Waals surface area (Å²) in [7, 11) is 0. The van der Waals surface area contributed by atoms with E-state index in [1.54, 1.807) is 0 Å². The van der Waals surface area contributed by atoms with E-state index in [2.05, 4.69) is 50.2 Å². The van der Waals surface area contributed by atoms with Gasteiger partial charge in [-0.3, -0.25) is 0 Å². The topological polar surface area (TPSA) is 40.5 Å². The zero-order valence-electron chi connectivity index (χ0n) is 25.1. The molecule has 2 atom stereocenters. The molecule has 2 aromatic carbocycles. The van der Waals surface area contributed by atoms with Crippen LogP contribution in [0.25, 0.3) is 29.6 Å². The largest absolute Gasteiger partial charge is 0.388 e. The number of rotatable bonds is 20. The Morgan fingerprint density at radius 2 is 0.850 bits per heavy atom. The third-order valence-electron chi connectivity index (χ3n) is 8.56. The minimum atomic E-state index is -0.369. The molecule has 0 fully saturated rings. The van der Waals surface area contributed by atoms with Crippen LogP contribution in [0.1, 0.15) is 153 Å². The summed E-state index contributed by atoms with van der Waals surface area (Å²) in [6.07, 6.45) is 21.7. The maximum absolute atomic E-state index is 10.9. The highest BCUT2D eigenvalue weighted by molar-refractivity contribution is 7.36. The third-order valence-corrected chi connectivity index (χ3v) is 11.1. The van der Waals surface area contributed by atoms with Crippen molar-refractivity contribution < 1.29 is 10.2 Å². The van der Waals surface area contributed by atoms with Gasteiger partial charge < -0.3 is 10.2 Å². The maximum atomic E-state index is 10.9. The number of fused-ring (bicyclic) bond motifs is 5. The predicted molar refractivity (Wildman–Crippen MR) is 179 cm³/mol. The minimum absolute atomic E-state index is 0.369. The molecule has 0 radical (unpaired) electrons. The van der Waals surface area contributed by atoms with Crippen molar-refractivity contribution in [3.63, 3.8) is 0 Å². The number of hydrogen-bond donors (Lipinski definition) is 2. The molecule has 4 heteroatoms. The third kappa shape index (κ3) is 8.77. The summed E-state index contributed by atoms with van der Waals surface area (Å²) in [5, 5.41) is 24.3. The second-order valence-corrected chi connectivity index (χ2v) is 14.0. The first-order chi connectivity index (χ1) is 19.6. The van der Waals surface area contributed by atoms with Gasteiger partial charge in [0, 0.05) is 20.2 Å². The molecule has 0 saturated heterocycles. The van der Waals surface area contributed by atoms with Gasteiger partial charge in [-0.15, -0.1) is 22.7 Å². The molecule has 0 bridgehead atoms. The van der Waals surface area contributed by atoms with Gasteiger partial charge in [0.05, 0.1) is 21.6 Å². The molecule has 0 amide bonds. The molecule has 0 spiro atoms. The molecule has 0 saturated carbocycles. The lowest BCUT2D eigenvalue weighted by Gasteiger charge is -2.11. The summed E-state index contributed by atoms with van der Waals surface area (Å²) in [6.45, 7) is 4.53. The lowest BCUT2D eigenvalue weighted by Crippen LogP contribution is -1.97.